The van der Waals surface area contributed by atoms with Gasteiger partial charge in [-0.25, -0.2) is 0 Å². The number of hydrogen-bond donors (Lipinski definition) is 1. The van der Waals surface area contributed by atoms with Gasteiger partial charge in [-0.3, -0.25) is 0 Å². The molecule has 0 fully saturated rings. The van der Waals surface area contributed by atoms with Crippen LogP contribution in [0.2, 0.25) is 0 Å². The third kappa shape index (κ3) is 10.5. The Morgan fingerprint density at radius 1 is 1.36 bits per heavy atom. The van der Waals surface area contributed by atoms with E-state index in [1.807, 2.05) is 13.8 Å². The number of halogens is 4. The summed E-state index contributed by atoms with van der Waals surface area (Å²) < 4.78 is 35.1. The monoisotopic (exact) mass is 249 g/mol. The summed E-state index contributed by atoms with van der Waals surface area (Å²) in [6.45, 7) is 4.14. The van der Waals surface area contributed by atoms with E-state index in [1.165, 1.54) is 0 Å². The highest BCUT2D eigenvalue weighted by Crippen LogP contribution is 2.29. The van der Waals surface area contributed by atoms with Gasteiger partial charge in [0.1, 0.15) is 0 Å². The van der Waals surface area contributed by atoms with Crippen molar-refractivity contribution in [3.63, 3.8) is 0 Å². The Morgan fingerprint density at radius 3 is 2.36 bits per heavy atom. The minimum Gasteiger partial charge on any atom is -0.313 e. The largest absolute Gasteiger partial charge is 0.441 e. The van der Waals surface area contributed by atoms with Crippen LogP contribution in [-0.2, 0) is 0 Å². The lowest BCUT2D eigenvalue weighted by Gasteiger charge is -2.14. The van der Waals surface area contributed by atoms with Gasteiger partial charge in [0, 0.05) is 23.7 Å². The molecule has 0 heterocycles. The van der Waals surface area contributed by atoms with Crippen LogP contribution in [0.5, 0.6) is 0 Å². The van der Waals surface area contributed by atoms with Gasteiger partial charge < -0.3 is 5.32 Å². The number of nitrogens with one attached hydrogen (secondary N) is 1. The van der Waals surface area contributed by atoms with Crippen molar-refractivity contribution in [2.75, 3.05) is 12.3 Å². The molecule has 86 valence electrons. The van der Waals surface area contributed by atoms with E-state index in [0.717, 1.165) is 6.42 Å². The van der Waals surface area contributed by atoms with Crippen LogP contribution in [0, 0.1) is 0 Å². The Balaban J connectivity index is 3.36. The van der Waals surface area contributed by atoms with Gasteiger partial charge in [-0.2, -0.15) is 13.2 Å². The quantitative estimate of drug-likeness (QED) is 0.573. The van der Waals surface area contributed by atoms with Gasteiger partial charge in [-0.15, -0.1) is 11.6 Å². The molecule has 1 nitrogen and oxygen atoms in total. The van der Waals surface area contributed by atoms with Crippen molar-refractivity contribution >= 4 is 23.4 Å². The standard InChI is InChI=1S/C8H15ClF3NS/c1-6(9)5-7(2)13-3-4-14-8(10,11)12/h6-7,13H,3-5H2,1-2H3. The number of hydrogen-bond acceptors (Lipinski definition) is 2. The van der Waals surface area contributed by atoms with Gasteiger partial charge in [0.25, 0.3) is 0 Å². The van der Waals surface area contributed by atoms with E-state index in [0.29, 0.717) is 6.54 Å². The lowest BCUT2D eigenvalue weighted by Crippen LogP contribution is -2.30. The molecule has 0 aliphatic carbocycles. The molecule has 0 aromatic heterocycles. The second kappa shape index (κ2) is 6.80. The summed E-state index contributed by atoms with van der Waals surface area (Å²) in [5, 5.41) is 3.03. The number of rotatable bonds is 6. The minimum atomic E-state index is -4.12. The molecule has 0 amide bonds. The van der Waals surface area contributed by atoms with Gasteiger partial charge in [-0.1, -0.05) is 0 Å². The molecule has 14 heavy (non-hydrogen) atoms. The first kappa shape index (κ1) is 14.4. The molecule has 0 saturated carbocycles. The first-order valence-electron chi connectivity index (χ1n) is 4.39. The Hall–Kier alpha value is 0.390. The summed E-state index contributed by atoms with van der Waals surface area (Å²) in [5.74, 6) is 0.0461. The maximum absolute atomic E-state index is 11.7. The van der Waals surface area contributed by atoms with E-state index < -0.39 is 5.51 Å². The maximum Gasteiger partial charge on any atom is 0.441 e. The van der Waals surface area contributed by atoms with Crippen molar-refractivity contribution in [1.29, 1.82) is 0 Å². The average molecular weight is 250 g/mol. The molecule has 2 unspecified atom stereocenters. The number of alkyl halides is 4. The molecule has 0 bridgehead atoms. The highest BCUT2D eigenvalue weighted by Gasteiger charge is 2.27. The summed E-state index contributed by atoms with van der Waals surface area (Å²) in [6.07, 6.45) is 0.762. The molecule has 0 rings (SSSR count). The second-order valence-corrected chi connectivity index (χ2v) is 5.07. The summed E-state index contributed by atoms with van der Waals surface area (Å²) in [4.78, 5) is 0. The molecule has 0 aromatic carbocycles. The maximum atomic E-state index is 11.7. The SMILES string of the molecule is CC(Cl)CC(C)NCCSC(F)(F)F. The van der Waals surface area contributed by atoms with Crippen molar-refractivity contribution in [2.24, 2.45) is 0 Å². The first-order valence-corrected chi connectivity index (χ1v) is 5.81. The lowest BCUT2D eigenvalue weighted by molar-refractivity contribution is -0.0327. The molecule has 0 spiro atoms. The van der Waals surface area contributed by atoms with Crippen molar-refractivity contribution in [3.8, 4) is 0 Å². The van der Waals surface area contributed by atoms with Crippen molar-refractivity contribution in [3.05, 3.63) is 0 Å². The fourth-order valence-electron chi connectivity index (χ4n) is 1.04. The normalized spacial score (nSPS) is 16.7. The highest BCUT2D eigenvalue weighted by atomic mass is 35.5. The van der Waals surface area contributed by atoms with Crippen LogP contribution in [0.25, 0.3) is 0 Å². The van der Waals surface area contributed by atoms with Crippen LogP contribution in [0.1, 0.15) is 20.3 Å². The van der Waals surface area contributed by atoms with Crippen LogP contribution in [0.3, 0.4) is 0 Å². The minimum absolute atomic E-state index is 0.00105. The summed E-state index contributed by atoms with van der Waals surface area (Å²) in [5.41, 5.74) is -4.12. The molecule has 0 saturated heterocycles. The van der Waals surface area contributed by atoms with Crippen molar-refractivity contribution < 1.29 is 13.2 Å². The molecule has 6 heteroatoms. The Bertz CT molecular complexity index is 152. The molecule has 0 radical (unpaired) electrons. The van der Waals surface area contributed by atoms with E-state index in [-0.39, 0.29) is 28.9 Å². The van der Waals surface area contributed by atoms with Gasteiger partial charge in [0.05, 0.1) is 0 Å². The average Bonchev–Trinajstić information content (AvgIpc) is 1.95. The van der Waals surface area contributed by atoms with E-state index in [4.69, 9.17) is 11.6 Å². The lowest BCUT2D eigenvalue weighted by atomic mass is 10.2. The zero-order chi connectivity index (χ0) is 11.2. The molecular formula is C8H15ClF3NS. The van der Waals surface area contributed by atoms with Crippen LogP contribution >= 0.6 is 23.4 Å². The first-order chi connectivity index (χ1) is 6.31. The van der Waals surface area contributed by atoms with Crippen LogP contribution in [0.4, 0.5) is 13.2 Å². The third-order valence-electron chi connectivity index (χ3n) is 1.54. The summed E-state index contributed by atoms with van der Waals surface area (Å²) in [6, 6.07) is 0.163. The van der Waals surface area contributed by atoms with Gasteiger partial charge in [0.15, 0.2) is 0 Å². The van der Waals surface area contributed by atoms with Crippen LogP contribution < -0.4 is 5.32 Å². The summed E-state index contributed by atoms with van der Waals surface area (Å²) in [7, 11) is 0. The summed E-state index contributed by atoms with van der Waals surface area (Å²) >= 11 is 5.73. The second-order valence-electron chi connectivity index (χ2n) is 3.17. The Kier molecular flexibility index (Phi) is 6.99. The van der Waals surface area contributed by atoms with E-state index in [1.54, 1.807) is 0 Å². The Morgan fingerprint density at radius 2 is 1.93 bits per heavy atom. The molecule has 1 N–H and O–H groups in total. The predicted octanol–water partition coefficient (Wildman–Crippen LogP) is 3.23. The molecule has 2 atom stereocenters. The molecule has 0 aliphatic rings. The van der Waals surface area contributed by atoms with Crippen LogP contribution in [-0.4, -0.2) is 29.2 Å². The zero-order valence-corrected chi connectivity index (χ0v) is 9.77. The Labute approximate surface area is 91.8 Å². The van der Waals surface area contributed by atoms with Crippen molar-refractivity contribution in [1.82, 2.24) is 5.32 Å². The van der Waals surface area contributed by atoms with E-state index in [2.05, 4.69) is 5.32 Å². The fourth-order valence-corrected chi connectivity index (χ4v) is 1.76. The topological polar surface area (TPSA) is 12.0 Å². The van der Waals surface area contributed by atoms with Crippen molar-refractivity contribution in [2.45, 2.75) is 37.2 Å². The van der Waals surface area contributed by atoms with Gasteiger partial charge in [0.2, 0.25) is 0 Å². The predicted molar refractivity (Wildman–Crippen MR) is 55.9 cm³/mol. The van der Waals surface area contributed by atoms with E-state index in [9.17, 15) is 13.2 Å². The molecule has 0 aromatic rings. The van der Waals surface area contributed by atoms with E-state index >= 15 is 0 Å². The third-order valence-corrected chi connectivity index (χ3v) is 2.45. The zero-order valence-electron chi connectivity index (χ0n) is 8.20. The smallest absolute Gasteiger partial charge is 0.313 e. The van der Waals surface area contributed by atoms with Gasteiger partial charge >= 0.3 is 5.51 Å². The molecular weight excluding hydrogens is 235 g/mol. The van der Waals surface area contributed by atoms with Crippen LogP contribution in [0.15, 0.2) is 0 Å². The highest BCUT2D eigenvalue weighted by molar-refractivity contribution is 8.00. The number of thioether (sulfide) groups is 1. The molecule has 0 aliphatic heterocycles. The van der Waals surface area contributed by atoms with Gasteiger partial charge in [-0.05, 0) is 32.0 Å². The fraction of sp³-hybridized carbons (Fsp3) is 1.00.